The SMILES string of the molecule is OC[C@@H]1O[C@@H](OC[C@H]2O[C@@H](O)[C@H](O)[C@@H](O[C@@H]3O[C@H](CO)[C@H](O)[C@H](O)[C@H]3O)[C@H]2O)[C@H](O)[C@H]1O. The lowest BCUT2D eigenvalue weighted by molar-refractivity contribution is -0.358. The summed E-state index contributed by atoms with van der Waals surface area (Å²) in [6, 6.07) is 0. The summed E-state index contributed by atoms with van der Waals surface area (Å²) in [5.41, 5.74) is 0. The van der Waals surface area contributed by atoms with Gasteiger partial charge in [0.1, 0.15) is 67.1 Å². The summed E-state index contributed by atoms with van der Waals surface area (Å²) in [6.07, 6.45) is -22.1. The van der Waals surface area contributed by atoms with E-state index in [1.165, 1.54) is 0 Å². The Morgan fingerprint density at radius 2 is 1.06 bits per heavy atom. The summed E-state index contributed by atoms with van der Waals surface area (Å²) >= 11 is 0. The molecule has 3 heterocycles. The van der Waals surface area contributed by atoms with Crippen molar-refractivity contribution >= 4 is 0 Å². The Morgan fingerprint density at radius 1 is 0.531 bits per heavy atom. The van der Waals surface area contributed by atoms with E-state index in [0.717, 1.165) is 0 Å². The van der Waals surface area contributed by atoms with Gasteiger partial charge in [-0.3, -0.25) is 0 Å². The van der Waals surface area contributed by atoms with Gasteiger partial charge in [0.05, 0.1) is 19.8 Å². The number of aliphatic hydroxyl groups excluding tert-OH is 10. The lowest BCUT2D eigenvalue weighted by Crippen LogP contribution is -2.64. The average molecular weight is 474 g/mol. The van der Waals surface area contributed by atoms with Gasteiger partial charge in [-0.05, 0) is 0 Å². The predicted molar refractivity (Wildman–Crippen MR) is 95.2 cm³/mol. The summed E-state index contributed by atoms with van der Waals surface area (Å²) in [5, 5.41) is 98.5. The van der Waals surface area contributed by atoms with Crippen molar-refractivity contribution in [1.82, 2.24) is 0 Å². The molecular weight excluding hydrogens is 444 g/mol. The molecule has 0 bridgehead atoms. The number of hydrogen-bond acceptors (Lipinski definition) is 15. The van der Waals surface area contributed by atoms with Crippen LogP contribution >= 0.6 is 0 Å². The topological polar surface area (TPSA) is 248 Å². The molecule has 0 radical (unpaired) electrons. The molecule has 10 N–H and O–H groups in total. The molecule has 15 heteroatoms. The molecule has 3 saturated heterocycles. The fraction of sp³-hybridized carbons (Fsp3) is 1.00. The van der Waals surface area contributed by atoms with E-state index in [1.807, 2.05) is 0 Å². The van der Waals surface area contributed by atoms with Crippen LogP contribution in [0, 0.1) is 0 Å². The first-order valence-corrected chi connectivity index (χ1v) is 10.00. The molecule has 3 aliphatic heterocycles. The summed E-state index contributed by atoms with van der Waals surface area (Å²) < 4.78 is 26.0. The van der Waals surface area contributed by atoms with Crippen LogP contribution in [-0.2, 0) is 23.7 Å². The second-order valence-electron chi connectivity index (χ2n) is 7.88. The first-order chi connectivity index (χ1) is 15.1. The third kappa shape index (κ3) is 5.07. The van der Waals surface area contributed by atoms with Gasteiger partial charge in [-0.25, -0.2) is 0 Å². The molecule has 32 heavy (non-hydrogen) atoms. The Kier molecular flexibility index (Phi) is 8.75. The van der Waals surface area contributed by atoms with Gasteiger partial charge in [-0.2, -0.15) is 0 Å². The number of aliphatic hydroxyl groups is 10. The molecule has 188 valence electrons. The summed E-state index contributed by atoms with van der Waals surface area (Å²) in [6.45, 7) is -1.83. The molecule has 3 aliphatic rings. The van der Waals surface area contributed by atoms with E-state index in [2.05, 4.69) is 0 Å². The molecule has 0 aliphatic carbocycles. The average Bonchev–Trinajstić information content (AvgIpc) is 3.05. The van der Waals surface area contributed by atoms with Gasteiger partial charge in [-0.1, -0.05) is 0 Å². The Labute approximate surface area is 181 Å². The van der Waals surface area contributed by atoms with Gasteiger partial charge in [0.25, 0.3) is 0 Å². The van der Waals surface area contributed by atoms with Gasteiger partial charge in [0.2, 0.25) is 0 Å². The fourth-order valence-corrected chi connectivity index (χ4v) is 3.74. The molecule has 3 rings (SSSR count). The molecule has 3 fully saturated rings. The Hall–Kier alpha value is -0.600. The van der Waals surface area contributed by atoms with Crippen LogP contribution in [0.1, 0.15) is 0 Å². The van der Waals surface area contributed by atoms with E-state index in [9.17, 15) is 46.0 Å². The van der Waals surface area contributed by atoms with E-state index in [1.54, 1.807) is 0 Å². The van der Waals surface area contributed by atoms with E-state index < -0.39 is 106 Å². The van der Waals surface area contributed by atoms with E-state index in [0.29, 0.717) is 0 Å². The van der Waals surface area contributed by atoms with Gasteiger partial charge in [-0.15, -0.1) is 0 Å². The molecule has 0 saturated carbocycles. The van der Waals surface area contributed by atoms with Gasteiger partial charge in [0.15, 0.2) is 18.9 Å². The number of hydrogen-bond donors (Lipinski definition) is 10. The summed E-state index contributed by atoms with van der Waals surface area (Å²) in [4.78, 5) is 0. The normalized spacial score (nSPS) is 52.3. The van der Waals surface area contributed by atoms with Crippen LogP contribution in [0.2, 0.25) is 0 Å². The van der Waals surface area contributed by atoms with E-state index in [-0.39, 0.29) is 0 Å². The van der Waals surface area contributed by atoms with Crippen molar-refractivity contribution in [2.24, 2.45) is 0 Å². The largest absolute Gasteiger partial charge is 0.394 e. The van der Waals surface area contributed by atoms with Crippen molar-refractivity contribution in [2.75, 3.05) is 19.8 Å². The zero-order valence-corrected chi connectivity index (χ0v) is 16.7. The first kappa shape index (κ1) is 26.0. The van der Waals surface area contributed by atoms with Crippen molar-refractivity contribution in [3.63, 3.8) is 0 Å². The van der Waals surface area contributed by atoms with Crippen LogP contribution in [0.15, 0.2) is 0 Å². The van der Waals surface area contributed by atoms with Crippen molar-refractivity contribution in [3.05, 3.63) is 0 Å². The quantitative estimate of drug-likeness (QED) is 0.165. The smallest absolute Gasteiger partial charge is 0.187 e. The minimum absolute atomic E-state index is 0.522. The van der Waals surface area contributed by atoms with Crippen molar-refractivity contribution in [1.29, 1.82) is 0 Å². The van der Waals surface area contributed by atoms with Gasteiger partial charge in [0, 0.05) is 0 Å². The number of ether oxygens (including phenoxy) is 5. The lowest BCUT2D eigenvalue weighted by atomic mass is 9.97. The van der Waals surface area contributed by atoms with Crippen LogP contribution in [0.25, 0.3) is 0 Å². The number of rotatable bonds is 7. The Bertz CT molecular complexity index is 594. The minimum Gasteiger partial charge on any atom is -0.394 e. The van der Waals surface area contributed by atoms with Gasteiger partial charge >= 0.3 is 0 Å². The summed E-state index contributed by atoms with van der Waals surface area (Å²) in [7, 11) is 0. The third-order valence-corrected chi connectivity index (χ3v) is 5.72. The highest BCUT2D eigenvalue weighted by Gasteiger charge is 2.51. The molecule has 15 nitrogen and oxygen atoms in total. The van der Waals surface area contributed by atoms with Crippen LogP contribution < -0.4 is 0 Å². The fourth-order valence-electron chi connectivity index (χ4n) is 3.74. The first-order valence-electron chi connectivity index (χ1n) is 10.00. The highest BCUT2D eigenvalue weighted by atomic mass is 16.7. The molecule has 0 aromatic rings. The minimum atomic E-state index is -1.88. The van der Waals surface area contributed by atoms with Crippen LogP contribution in [0.5, 0.6) is 0 Å². The molecule has 0 unspecified atom stereocenters. The van der Waals surface area contributed by atoms with E-state index >= 15 is 0 Å². The summed E-state index contributed by atoms with van der Waals surface area (Å²) in [5.74, 6) is 0. The molecule has 0 aromatic heterocycles. The molecule has 0 spiro atoms. The molecular formula is C17H30O15. The zero-order chi connectivity index (χ0) is 23.7. The lowest BCUT2D eigenvalue weighted by Gasteiger charge is -2.45. The molecule has 0 amide bonds. The monoisotopic (exact) mass is 474 g/mol. The Morgan fingerprint density at radius 3 is 1.66 bits per heavy atom. The predicted octanol–water partition coefficient (Wildman–Crippen LogP) is -6.93. The molecule has 14 atom stereocenters. The van der Waals surface area contributed by atoms with Gasteiger partial charge < -0.3 is 74.7 Å². The van der Waals surface area contributed by atoms with E-state index in [4.69, 9.17) is 28.8 Å². The Balaban J connectivity index is 1.64. The second kappa shape index (κ2) is 10.8. The highest BCUT2D eigenvalue weighted by Crippen LogP contribution is 2.29. The maximum Gasteiger partial charge on any atom is 0.187 e. The van der Waals surface area contributed by atoms with Crippen LogP contribution in [0.4, 0.5) is 0 Å². The second-order valence-corrected chi connectivity index (χ2v) is 7.88. The third-order valence-electron chi connectivity index (χ3n) is 5.72. The van der Waals surface area contributed by atoms with Crippen molar-refractivity contribution in [3.8, 4) is 0 Å². The van der Waals surface area contributed by atoms with Crippen molar-refractivity contribution < 1.29 is 74.7 Å². The highest BCUT2D eigenvalue weighted by molar-refractivity contribution is 4.94. The standard InChI is InChI=1S/C17H30O15/c18-1-4-7(20)10(23)12(25)17(31-4)32-14-9(22)6(29-15(27)13(14)26)3-28-16-11(24)8(21)5(2-19)30-16/h4-27H,1-3H2/t4-,5+,6-,7+,8+,9+,10+,11-,12-,13-,14+,15-,16-,17+/m1/s1. The van der Waals surface area contributed by atoms with Crippen LogP contribution in [-0.4, -0.2) is 157 Å². The zero-order valence-electron chi connectivity index (χ0n) is 16.7. The van der Waals surface area contributed by atoms with Crippen LogP contribution in [0.3, 0.4) is 0 Å². The molecule has 0 aromatic carbocycles. The maximum absolute atomic E-state index is 10.6. The maximum atomic E-state index is 10.6. The van der Waals surface area contributed by atoms with Crippen molar-refractivity contribution in [2.45, 2.75) is 86.0 Å².